The van der Waals surface area contributed by atoms with E-state index in [1.165, 1.54) is 12.3 Å². The van der Waals surface area contributed by atoms with E-state index in [1.807, 2.05) is 25.1 Å². The van der Waals surface area contributed by atoms with Crippen LogP contribution in [0.1, 0.15) is 23.0 Å². The summed E-state index contributed by atoms with van der Waals surface area (Å²) >= 11 is 0. The van der Waals surface area contributed by atoms with Crippen molar-refractivity contribution >= 4 is 23.4 Å². The zero-order chi connectivity index (χ0) is 15.2. The highest BCUT2D eigenvalue weighted by Gasteiger charge is 2.13. The van der Waals surface area contributed by atoms with Gasteiger partial charge in [0.2, 0.25) is 0 Å². The molecule has 0 atom stereocenters. The highest BCUT2D eigenvalue weighted by Crippen LogP contribution is 2.17. The van der Waals surface area contributed by atoms with Crippen molar-refractivity contribution in [1.29, 1.82) is 0 Å². The van der Waals surface area contributed by atoms with Crippen molar-refractivity contribution in [2.45, 2.75) is 13.3 Å². The number of aryl methyl sites for hydroxylation is 1. The molecule has 0 saturated heterocycles. The molecule has 0 fully saturated rings. The van der Waals surface area contributed by atoms with Crippen molar-refractivity contribution in [2.75, 3.05) is 10.6 Å². The monoisotopic (exact) mass is 285 g/mol. The van der Waals surface area contributed by atoms with Gasteiger partial charge in [0, 0.05) is 11.9 Å². The lowest BCUT2D eigenvalue weighted by atomic mass is 10.1. The average Bonchev–Trinajstić information content (AvgIpc) is 2.48. The molecule has 2 aromatic rings. The third-order valence-corrected chi connectivity index (χ3v) is 2.90. The van der Waals surface area contributed by atoms with Crippen molar-refractivity contribution in [1.82, 2.24) is 4.98 Å². The number of pyridine rings is 1. The van der Waals surface area contributed by atoms with Crippen molar-refractivity contribution in [3.05, 3.63) is 53.9 Å². The number of hydrogen-bond acceptors (Lipinski definition) is 3. The fourth-order valence-electron chi connectivity index (χ4n) is 1.90. The first-order chi connectivity index (χ1) is 10.1. The molecule has 108 valence electrons. The summed E-state index contributed by atoms with van der Waals surface area (Å²) in [4.78, 5) is 26.7. The van der Waals surface area contributed by atoms with Gasteiger partial charge in [0.25, 0.3) is 0 Å². The number of nitrogens with zero attached hydrogens (tertiary/aromatic N) is 1. The zero-order valence-corrected chi connectivity index (χ0v) is 11.5. The fourth-order valence-corrected chi connectivity index (χ4v) is 1.90. The number of anilines is 2. The molecule has 0 saturated carbocycles. The second kappa shape index (κ2) is 6.51. The first-order valence-electron chi connectivity index (χ1n) is 6.46. The van der Waals surface area contributed by atoms with E-state index < -0.39 is 12.0 Å². The number of carboxylic acids is 1. The summed E-state index contributed by atoms with van der Waals surface area (Å²) in [7, 11) is 0. The Morgan fingerprint density at radius 2 is 1.76 bits per heavy atom. The molecular formula is C15H15N3O3. The second-order valence-electron chi connectivity index (χ2n) is 4.29. The molecular weight excluding hydrogens is 270 g/mol. The number of aromatic nitrogens is 1. The Hall–Kier alpha value is -2.89. The number of para-hydroxylation sites is 1. The minimum absolute atomic E-state index is 0.150. The van der Waals surface area contributed by atoms with Gasteiger partial charge in [-0.25, -0.2) is 14.6 Å². The highest BCUT2D eigenvalue weighted by molar-refractivity contribution is 6.04. The van der Waals surface area contributed by atoms with Crippen LogP contribution in [0.3, 0.4) is 0 Å². The molecule has 0 radical (unpaired) electrons. The molecule has 3 N–H and O–H groups in total. The maximum atomic E-state index is 12.0. The largest absolute Gasteiger partial charge is 0.476 e. The summed E-state index contributed by atoms with van der Waals surface area (Å²) in [5.74, 6) is -1.19. The normalized spacial score (nSPS) is 9.95. The number of aromatic carboxylic acids is 1. The van der Waals surface area contributed by atoms with Gasteiger partial charge in [-0.2, -0.15) is 0 Å². The summed E-state index contributed by atoms with van der Waals surface area (Å²) in [6, 6.07) is 9.96. The number of carbonyl (C=O) groups excluding carboxylic acids is 1. The standard InChI is InChI=1S/C15H15N3O3/c1-2-10-6-3-4-7-11(10)17-15(21)18-12-8-5-9-16-13(12)14(19)20/h3-9H,2H2,1H3,(H,19,20)(H2,17,18,21). The van der Waals surface area contributed by atoms with E-state index >= 15 is 0 Å². The number of urea groups is 1. The molecule has 0 aliphatic rings. The van der Waals surface area contributed by atoms with Crippen molar-refractivity contribution in [3.8, 4) is 0 Å². The maximum absolute atomic E-state index is 12.0. The van der Waals surface area contributed by atoms with E-state index in [-0.39, 0.29) is 11.4 Å². The lowest BCUT2D eigenvalue weighted by Gasteiger charge is -2.11. The first-order valence-corrected chi connectivity index (χ1v) is 6.46. The van der Waals surface area contributed by atoms with Crippen LogP contribution >= 0.6 is 0 Å². The van der Waals surface area contributed by atoms with Crippen LogP contribution < -0.4 is 10.6 Å². The third kappa shape index (κ3) is 3.56. The number of nitrogens with one attached hydrogen (secondary N) is 2. The van der Waals surface area contributed by atoms with Crippen LogP contribution in [0.4, 0.5) is 16.2 Å². The van der Waals surface area contributed by atoms with Crippen LogP contribution in [-0.4, -0.2) is 22.1 Å². The van der Waals surface area contributed by atoms with Crippen LogP contribution in [0.5, 0.6) is 0 Å². The zero-order valence-electron chi connectivity index (χ0n) is 11.5. The van der Waals surface area contributed by atoms with Gasteiger partial charge in [0.1, 0.15) is 0 Å². The van der Waals surface area contributed by atoms with Gasteiger partial charge in [-0.3, -0.25) is 0 Å². The molecule has 0 aliphatic carbocycles. The summed E-state index contributed by atoms with van der Waals surface area (Å²) < 4.78 is 0. The van der Waals surface area contributed by atoms with E-state index in [2.05, 4.69) is 15.6 Å². The SMILES string of the molecule is CCc1ccccc1NC(=O)Nc1cccnc1C(=O)O. The number of carbonyl (C=O) groups is 2. The minimum atomic E-state index is -1.19. The molecule has 0 unspecified atom stereocenters. The van der Waals surface area contributed by atoms with Gasteiger partial charge in [0.15, 0.2) is 5.69 Å². The van der Waals surface area contributed by atoms with Crippen molar-refractivity contribution < 1.29 is 14.7 Å². The van der Waals surface area contributed by atoms with Gasteiger partial charge < -0.3 is 15.7 Å². The van der Waals surface area contributed by atoms with E-state index in [0.29, 0.717) is 5.69 Å². The lowest BCUT2D eigenvalue weighted by molar-refractivity contribution is 0.0692. The summed E-state index contributed by atoms with van der Waals surface area (Å²) in [6.07, 6.45) is 2.14. The maximum Gasteiger partial charge on any atom is 0.356 e. The molecule has 2 amide bonds. The number of amides is 2. The minimum Gasteiger partial charge on any atom is -0.476 e. The lowest BCUT2D eigenvalue weighted by Crippen LogP contribution is -2.22. The Labute approximate surface area is 121 Å². The van der Waals surface area contributed by atoms with Gasteiger partial charge in [0.05, 0.1) is 5.69 Å². The predicted octanol–water partition coefficient (Wildman–Crippen LogP) is 2.99. The molecule has 0 spiro atoms. The summed E-state index contributed by atoms with van der Waals surface area (Å²) in [5.41, 5.74) is 1.64. The Bertz CT molecular complexity index is 671. The van der Waals surface area contributed by atoms with Gasteiger partial charge >= 0.3 is 12.0 Å². The molecule has 6 heteroatoms. The average molecular weight is 285 g/mol. The topological polar surface area (TPSA) is 91.3 Å². The Morgan fingerprint density at radius 1 is 1.10 bits per heavy atom. The molecule has 0 aliphatic heterocycles. The van der Waals surface area contributed by atoms with Gasteiger partial charge in [-0.05, 0) is 30.2 Å². The highest BCUT2D eigenvalue weighted by atomic mass is 16.4. The third-order valence-electron chi connectivity index (χ3n) is 2.90. The Balaban J connectivity index is 2.14. The fraction of sp³-hybridized carbons (Fsp3) is 0.133. The first kappa shape index (κ1) is 14.5. The number of carboxylic acid groups (broad SMARTS) is 1. The van der Waals surface area contributed by atoms with Crippen molar-refractivity contribution in [2.24, 2.45) is 0 Å². The molecule has 2 rings (SSSR count). The number of benzene rings is 1. The summed E-state index contributed by atoms with van der Waals surface area (Å²) in [6.45, 7) is 1.99. The molecule has 1 aromatic heterocycles. The van der Waals surface area contributed by atoms with Crippen LogP contribution in [0.15, 0.2) is 42.6 Å². The molecule has 21 heavy (non-hydrogen) atoms. The molecule has 1 heterocycles. The molecule has 1 aromatic carbocycles. The number of rotatable bonds is 4. The smallest absolute Gasteiger partial charge is 0.356 e. The van der Waals surface area contributed by atoms with Crippen LogP contribution in [0, 0.1) is 0 Å². The van der Waals surface area contributed by atoms with Gasteiger partial charge in [-0.15, -0.1) is 0 Å². The second-order valence-corrected chi connectivity index (χ2v) is 4.29. The van der Waals surface area contributed by atoms with E-state index in [0.717, 1.165) is 12.0 Å². The van der Waals surface area contributed by atoms with Gasteiger partial charge in [-0.1, -0.05) is 25.1 Å². The Kier molecular flexibility index (Phi) is 4.50. The van der Waals surface area contributed by atoms with Crippen LogP contribution in [-0.2, 0) is 6.42 Å². The quantitative estimate of drug-likeness (QED) is 0.805. The Morgan fingerprint density at radius 3 is 2.48 bits per heavy atom. The van der Waals surface area contributed by atoms with Crippen LogP contribution in [0.2, 0.25) is 0 Å². The van der Waals surface area contributed by atoms with Crippen molar-refractivity contribution in [3.63, 3.8) is 0 Å². The molecule has 0 bridgehead atoms. The van der Waals surface area contributed by atoms with Crippen LogP contribution in [0.25, 0.3) is 0 Å². The predicted molar refractivity (Wildman–Crippen MR) is 79.7 cm³/mol. The summed E-state index contributed by atoms with van der Waals surface area (Å²) in [5, 5.41) is 14.2. The van der Waals surface area contributed by atoms with E-state index in [9.17, 15) is 9.59 Å². The van der Waals surface area contributed by atoms with E-state index in [1.54, 1.807) is 12.1 Å². The van der Waals surface area contributed by atoms with E-state index in [4.69, 9.17) is 5.11 Å². The number of hydrogen-bond donors (Lipinski definition) is 3. The molecule has 6 nitrogen and oxygen atoms in total.